The molecule has 0 saturated heterocycles. The van der Waals surface area contributed by atoms with Crippen LogP contribution >= 0.6 is 0 Å². The van der Waals surface area contributed by atoms with E-state index in [1.807, 2.05) is 68.5 Å². The summed E-state index contributed by atoms with van der Waals surface area (Å²) < 4.78 is 0. The summed E-state index contributed by atoms with van der Waals surface area (Å²) in [6.07, 6.45) is 28.8. The van der Waals surface area contributed by atoms with Crippen LogP contribution in [0.4, 0.5) is 0 Å². The molecule has 0 N–H and O–H groups in total. The quantitative estimate of drug-likeness (QED) is 0.370. The molecule has 0 aliphatic heterocycles. The molecule has 0 atom stereocenters. The summed E-state index contributed by atoms with van der Waals surface area (Å²) in [6, 6.07) is 0. The van der Waals surface area contributed by atoms with Gasteiger partial charge in [-0.05, 0) is 50.3 Å². The van der Waals surface area contributed by atoms with E-state index in [0.29, 0.717) is 0 Å². The molecule has 0 aliphatic rings. The highest BCUT2D eigenvalue weighted by Gasteiger charge is 2.13. The molecule has 0 radical (unpaired) electrons. The highest BCUT2D eigenvalue weighted by molar-refractivity contribution is 5.42. The zero-order chi connectivity index (χ0) is 18.9. The van der Waals surface area contributed by atoms with Crippen LogP contribution in [-0.4, -0.2) is 4.90 Å². The first-order valence-electron chi connectivity index (χ1n) is 8.19. The van der Waals surface area contributed by atoms with Gasteiger partial charge in [0, 0.05) is 17.1 Å². The second-order valence-corrected chi connectivity index (χ2v) is 4.80. The van der Waals surface area contributed by atoms with Crippen molar-refractivity contribution < 1.29 is 0 Å². The minimum atomic E-state index is 0.950. The van der Waals surface area contributed by atoms with Crippen LogP contribution in [0.5, 0.6) is 0 Å². The number of hydrogen-bond acceptors (Lipinski definition) is 1. The highest BCUT2D eigenvalue weighted by Crippen LogP contribution is 2.24. The summed E-state index contributed by atoms with van der Waals surface area (Å²) in [7, 11) is 0. The van der Waals surface area contributed by atoms with Crippen LogP contribution in [0.1, 0.15) is 13.8 Å². The molecule has 0 unspecified atom stereocenters. The molecule has 1 nitrogen and oxygen atoms in total. The van der Waals surface area contributed by atoms with E-state index in [4.69, 9.17) is 0 Å². The van der Waals surface area contributed by atoms with Crippen LogP contribution in [0, 0.1) is 0 Å². The third kappa shape index (κ3) is 8.38. The second kappa shape index (κ2) is 14.5. The average molecular weight is 332 g/mol. The van der Waals surface area contributed by atoms with Crippen LogP contribution in [0.3, 0.4) is 0 Å². The van der Waals surface area contributed by atoms with E-state index in [9.17, 15) is 0 Å². The van der Waals surface area contributed by atoms with Crippen molar-refractivity contribution in [1.29, 1.82) is 0 Å². The summed E-state index contributed by atoms with van der Waals surface area (Å²) in [5.41, 5.74) is 2.90. The monoisotopic (exact) mass is 331 g/mol. The van der Waals surface area contributed by atoms with E-state index in [0.717, 1.165) is 17.1 Å². The Labute approximate surface area is 153 Å². The average Bonchev–Trinajstić information content (AvgIpc) is 2.62. The molecule has 1 heteroatoms. The van der Waals surface area contributed by atoms with Gasteiger partial charge in [0.05, 0.1) is 0 Å². The van der Waals surface area contributed by atoms with Gasteiger partial charge in [-0.1, -0.05) is 81.0 Å². The maximum absolute atomic E-state index is 3.84. The third-order valence-electron chi connectivity index (χ3n) is 2.95. The van der Waals surface area contributed by atoms with Crippen LogP contribution in [0.15, 0.2) is 135 Å². The van der Waals surface area contributed by atoms with Gasteiger partial charge in [0.25, 0.3) is 0 Å². The molecule has 0 aromatic heterocycles. The van der Waals surface area contributed by atoms with Gasteiger partial charge in [-0.15, -0.1) is 0 Å². The van der Waals surface area contributed by atoms with E-state index in [-0.39, 0.29) is 0 Å². The summed E-state index contributed by atoms with van der Waals surface area (Å²) >= 11 is 0. The zero-order valence-electron chi connectivity index (χ0n) is 15.4. The Bertz CT molecular complexity index is 615. The Morgan fingerprint density at radius 1 is 0.560 bits per heavy atom. The molecule has 130 valence electrons. The fourth-order valence-corrected chi connectivity index (χ4v) is 2.00. The Morgan fingerprint density at radius 3 is 1.40 bits per heavy atom. The van der Waals surface area contributed by atoms with Gasteiger partial charge >= 0.3 is 0 Å². The summed E-state index contributed by atoms with van der Waals surface area (Å²) in [4.78, 5) is 2.11. The molecule has 0 aliphatic carbocycles. The minimum absolute atomic E-state index is 0.950. The zero-order valence-corrected chi connectivity index (χ0v) is 15.4. The molecular weight excluding hydrogens is 302 g/mol. The van der Waals surface area contributed by atoms with Crippen molar-refractivity contribution >= 4 is 0 Å². The minimum Gasteiger partial charge on any atom is -0.311 e. The molecule has 0 saturated carbocycles. The lowest BCUT2D eigenvalue weighted by Crippen LogP contribution is -2.19. The maximum Gasteiger partial charge on any atom is 0.0461 e. The van der Waals surface area contributed by atoms with Gasteiger partial charge in [0.1, 0.15) is 0 Å². The number of allylic oxidation sites excluding steroid dienone is 15. The van der Waals surface area contributed by atoms with E-state index < -0.39 is 0 Å². The SMILES string of the molecule is C=C/C=C\C(=C/C=C)N(C(/C=C\C=C)=C/C=C)C(/C=C\C)=C/C=C\C. The lowest BCUT2D eigenvalue weighted by atomic mass is 10.1. The molecule has 0 aromatic rings. The van der Waals surface area contributed by atoms with Crippen LogP contribution in [-0.2, 0) is 0 Å². The van der Waals surface area contributed by atoms with Gasteiger partial charge in [0.15, 0.2) is 0 Å². The third-order valence-corrected chi connectivity index (χ3v) is 2.95. The Kier molecular flexibility index (Phi) is 12.7. The van der Waals surface area contributed by atoms with E-state index >= 15 is 0 Å². The number of rotatable bonds is 11. The molecule has 0 aromatic carbocycles. The number of hydrogen-bond donors (Lipinski definition) is 0. The van der Waals surface area contributed by atoms with E-state index in [1.54, 1.807) is 24.3 Å². The van der Waals surface area contributed by atoms with Gasteiger partial charge in [-0.25, -0.2) is 0 Å². The smallest absolute Gasteiger partial charge is 0.0461 e. The van der Waals surface area contributed by atoms with Gasteiger partial charge in [-0.2, -0.15) is 0 Å². The molecule has 0 fully saturated rings. The second-order valence-electron chi connectivity index (χ2n) is 4.80. The Hall–Kier alpha value is -3.06. The van der Waals surface area contributed by atoms with Crippen molar-refractivity contribution in [2.75, 3.05) is 0 Å². The van der Waals surface area contributed by atoms with Crippen LogP contribution in [0.25, 0.3) is 0 Å². The molecule has 25 heavy (non-hydrogen) atoms. The normalized spacial score (nSPS) is 13.9. The van der Waals surface area contributed by atoms with Crippen molar-refractivity contribution in [3.63, 3.8) is 0 Å². The predicted octanol–water partition coefficient (Wildman–Crippen LogP) is 6.95. The van der Waals surface area contributed by atoms with Crippen molar-refractivity contribution in [3.8, 4) is 0 Å². The predicted molar refractivity (Wildman–Crippen MR) is 115 cm³/mol. The van der Waals surface area contributed by atoms with Gasteiger partial charge < -0.3 is 4.90 Å². The summed E-state index contributed by atoms with van der Waals surface area (Å²) in [6.45, 7) is 19.2. The highest BCUT2D eigenvalue weighted by atomic mass is 15.2. The van der Waals surface area contributed by atoms with Gasteiger partial charge in [0.2, 0.25) is 0 Å². The number of nitrogens with zero attached hydrogens (tertiary/aromatic N) is 1. The van der Waals surface area contributed by atoms with Crippen LogP contribution < -0.4 is 0 Å². The van der Waals surface area contributed by atoms with Crippen LogP contribution in [0.2, 0.25) is 0 Å². The summed E-state index contributed by atoms with van der Waals surface area (Å²) in [5, 5.41) is 0. The first kappa shape index (κ1) is 21.9. The molecule has 0 heterocycles. The van der Waals surface area contributed by atoms with E-state index in [1.165, 1.54) is 0 Å². The molecule has 0 bridgehead atoms. The lowest BCUT2D eigenvalue weighted by molar-refractivity contribution is 0.578. The first-order chi connectivity index (χ1) is 12.2. The fraction of sp³-hybridized carbons (Fsp3) is 0.0833. The summed E-state index contributed by atoms with van der Waals surface area (Å²) in [5.74, 6) is 0. The van der Waals surface area contributed by atoms with Crippen molar-refractivity contribution in [2.45, 2.75) is 13.8 Å². The van der Waals surface area contributed by atoms with Crippen molar-refractivity contribution in [1.82, 2.24) is 4.90 Å². The first-order valence-corrected chi connectivity index (χ1v) is 8.19. The molecule has 0 spiro atoms. The topological polar surface area (TPSA) is 3.24 Å². The Morgan fingerprint density at radius 2 is 1.04 bits per heavy atom. The molecule has 0 rings (SSSR count). The fourth-order valence-electron chi connectivity index (χ4n) is 2.00. The molecule has 0 amide bonds. The largest absolute Gasteiger partial charge is 0.311 e. The van der Waals surface area contributed by atoms with Crippen molar-refractivity contribution in [2.24, 2.45) is 0 Å². The standard InChI is InChI=1S/C24H29N/c1-7-13-19-22(16-10-4)25(23(17-11-5)20-14-8-2)24(18-12-6)21-15-9-3/h7-21H,1-2,4-5H2,3,6H3/b15-9-,18-12-,19-13-,20-14-,22-16+,23-17+,24-21+. The van der Waals surface area contributed by atoms with E-state index in [2.05, 4.69) is 43.4 Å². The van der Waals surface area contributed by atoms with Gasteiger partial charge in [-0.3, -0.25) is 0 Å². The Balaban J connectivity index is 6.60. The lowest BCUT2D eigenvalue weighted by Gasteiger charge is -2.28. The molecular formula is C24H29N. The van der Waals surface area contributed by atoms with Crippen molar-refractivity contribution in [3.05, 3.63) is 135 Å². The maximum atomic E-state index is 3.84.